The van der Waals surface area contributed by atoms with E-state index in [9.17, 15) is 10.1 Å². The zero-order valence-electron chi connectivity index (χ0n) is 10.3. The van der Waals surface area contributed by atoms with Gasteiger partial charge in [-0.3, -0.25) is 10.1 Å². The molecule has 0 saturated heterocycles. The highest BCUT2D eigenvalue weighted by molar-refractivity contribution is 6.31. The third kappa shape index (κ3) is 3.94. The summed E-state index contributed by atoms with van der Waals surface area (Å²) in [7, 11) is 0. The molecule has 0 unspecified atom stereocenters. The van der Waals surface area contributed by atoms with Gasteiger partial charge in [0.15, 0.2) is 0 Å². The lowest BCUT2D eigenvalue weighted by Crippen LogP contribution is -2.00. The number of hydrogen-bond donors (Lipinski definition) is 0. The molecule has 1 aromatic rings. The Morgan fingerprint density at radius 2 is 2.17 bits per heavy atom. The second-order valence-electron chi connectivity index (χ2n) is 3.61. The summed E-state index contributed by atoms with van der Waals surface area (Å²) < 4.78 is 5.46. The average molecular weight is 268 g/mol. The van der Waals surface area contributed by atoms with Gasteiger partial charge in [0, 0.05) is 18.9 Å². The largest absolute Gasteiger partial charge is 0.492 e. The summed E-state index contributed by atoms with van der Waals surface area (Å²) in [6, 6.07) is 2.90. The van der Waals surface area contributed by atoms with E-state index in [1.807, 2.05) is 6.92 Å². The molecule has 0 aliphatic carbocycles. The first-order valence-electron chi connectivity index (χ1n) is 5.59. The summed E-state index contributed by atoms with van der Waals surface area (Å²) in [6.07, 6.45) is 1.40. The van der Waals surface area contributed by atoms with Crippen molar-refractivity contribution >= 4 is 17.3 Å². The monoisotopic (exact) mass is 267 g/mol. The van der Waals surface area contributed by atoms with E-state index in [2.05, 4.69) is 11.8 Å². The van der Waals surface area contributed by atoms with Gasteiger partial charge in [-0.25, -0.2) is 0 Å². The Labute approximate surface area is 111 Å². The van der Waals surface area contributed by atoms with Crippen molar-refractivity contribution in [2.75, 3.05) is 6.61 Å². The number of nitrogens with zero attached hydrogens (tertiary/aromatic N) is 1. The van der Waals surface area contributed by atoms with E-state index in [0.717, 1.165) is 6.42 Å². The Bertz CT molecular complexity index is 503. The predicted octanol–water partition coefficient (Wildman–Crippen LogP) is 3.74. The Kier molecular flexibility index (Phi) is 5.47. The van der Waals surface area contributed by atoms with Crippen LogP contribution in [-0.4, -0.2) is 11.5 Å². The van der Waals surface area contributed by atoms with Crippen LogP contribution in [0.2, 0.25) is 5.02 Å². The molecule has 0 fully saturated rings. The second-order valence-corrected chi connectivity index (χ2v) is 4.05. The lowest BCUT2D eigenvalue weighted by atomic mass is 10.2. The molecule has 4 nitrogen and oxygen atoms in total. The van der Waals surface area contributed by atoms with E-state index >= 15 is 0 Å². The summed E-state index contributed by atoms with van der Waals surface area (Å²) in [5, 5.41) is 11.1. The molecule has 0 spiro atoms. The predicted molar refractivity (Wildman–Crippen MR) is 71.0 cm³/mol. The summed E-state index contributed by atoms with van der Waals surface area (Å²) in [5.41, 5.74) is 0.449. The Morgan fingerprint density at radius 3 is 2.78 bits per heavy atom. The molecule has 0 heterocycles. The van der Waals surface area contributed by atoms with E-state index in [1.54, 1.807) is 13.0 Å². The van der Waals surface area contributed by atoms with Gasteiger partial charge in [-0.1, -0.05) is 24.4 Å². The van der Waals surface area contributed by atoms with Crippen LogP contribution in [0.15, 0.2) is 12.1 Å². The van der Waals surface area contributed by atoms with Crippen LogP contribution in [0.5, 0.6) is 5.75 Å². The fourth-order valence-electron chi connectivity index (χ4n) is 1.41. The van der Waals surface area contributed by atoms with Gasteiger partial charge in [0.05, 0.1) is 22.1 Å². The lowest BCUT2D eigenvalue weighted by Gasteiger charge is -2.08. The van der Waals surface area contributed by atoms with Crippen molar-refractivity contribution in [2.24, 2.45) is 0 Å². The van der Waals surface area contributed by atoms with E-state index in [1.165, 1.54) is 6.07 Å². The molecule has 0 aromatic heterocycles. The van der Waals surface area contributed by atoms with Gasteiger partial charge < -0.3 is 4.74 Å². The minimum absolute atomic E-state index is 0.0304. The van der Waals surface area contributed by atoms with Crippen molar-refractivity contribution in [3.63, 3.8) is 0 Å². The molecule has 96 valence electrons. The number of halogens is 1. The molecule has 0 bridgehead atoms. The van der Waals surface area contributed by atoms with E-state index in [-0.39, 0.29) is 5.69 Å². The number of ether oxygens (including phenoxy) is 1. The average Bonchev–Trinajstić information content (AvgIpc) is 2.32. The van der Waals surface area contributed by atoms with Gasteiger partial charge in [0.2, 0.25) is 0 Å². The summed E-state index contributed by atoms with van der Waals surface area (Å²) >= 11 is 5.82. The van der Waals surface area contributed by atoms with Crippen LogP contribution in [-0.2, 0) is 0 Å². The highest BCUT2D eigenvalue weighted by Gasteiger charge is 2.16. The SMILES string of the molecule is CCC#CCCOc1cc(Cl)cc([N+](=O)[O-])c1C. The molecular formula is C13H14ClNO3. The van der Waals surface area contributed by atoms with Crippen LogP contribution < -0.4 is 4.74 Å². The highest BCUT2D eigenvalue weighted by Crippen LogP contribution is 2.31. The Hall–Kier alpha value is -1.73. The number of nitro groups is 1. The van der Waals surface area contributed by atoms with Crippen LogP contribution in [0.4, 0.5) is 5.69 Å². The van der Waals surface area contributed by atoms with E-state index in [0.29, 0.717) is 29.4 Å². The van der Waals surface area contributed by atoms with Crippen molar-refractivity contribution in [2.45, 2.75) is 26.7 Å². The molecule has 0 saturated carbocycles. The van der Waals surface area contributed by atoms with Crippen LogP contribution in [0.25, 0.3) is 0 Å². The molecule has 0 atom stereocenters. The van der Waals surface area contributed by atoms with E-state index in [4.69, 9.17) is 16.3 Å². The first kappa shape index (κ1) is 14.3. The van der Waals surface area contributed by atoms with Crippen molar-refractivity contribution < 1.29 is 9.66 Å². The zero-order valence-corrected chi connectivity index (χ0v) is 11.1. The normalized spacial score (nSPS) is 9.50. The molecule has 0 radical (unpaired) electrons. The summed E-state index contributed by atoms with van der Waals surface area (Å²) in [4.78, 5) is 10.3. The third-order valence-corrected chi connectivity index (χ3v) is 2.50. The van der Waals surface area contributed by atoms with Gasteiger partial charge in [0.25, 0.3) is 5.69 Å². The second kappa shape index (κ2) is 6.87. The maximum Gasteiger partial charge on any atom is 0.277 e. The first-order chi connectivity index (χ1) is 8.56. The van der Waals surface area contributed by atoms with E-state index < -0.39 is 4.92 Å². The molecule has 1 rings (SSSR count). The standard InChI is InChI=1S/C13H14ClNO3/c1-3-4-5-6-7-18-13-9-11(14)8-12(10(13)2)15(16)17/h8-9H,3,6-7H2,1-2H3. The molecule has 0 aliphatic heterocycles. The molecule has 5 heteroatoms. The van der Waals surface area contributed by atoms with Gasteiger partial charge >= 0.3 is 0 Å². The highest BCUT2D eigenvalue weighted by atomic mass is 35.5. The lowest BCUT2D eigenvalue weighted by molar-refractivity contribution is -0.385. The van der Waals surface area contributed by atoms with Crippen molar-refractivity contribution in [1.29, 1.82) is 0 Å². The van der Waals surface area contributed by atoms with Crippen molar-refractivity contribution in [3.05, 3.63) is 32.8 Å². The fourth-order valence-corrected chi connectivity index (χ4v) is 1.61. The van der Waals surface area contributed by atoms with Crippen LogP contribution in [0, 0.1) is 28.9 Å². The molecule has 0 aliphatic rings. The maximum atomic E-state index is 10.8. The Balaban J connectivity index is 2.79. The molecular weight excluding hydrogens is 254 g/mol. The number of rotatable bonds is 4. The fraction of sp³-hybridized carbons (Fsp3) is 0.385. The minimum atomic E-state index is -0.467. The number of hydrogen-bond acceptors (Lipinski definition) is 3. The molecule has 0 N–H and O–H groups in total. The maximum absolute atomic E-state index is 10.8. The minimum Gasteiger partial charge on any atom is -0.492 e. The van der Waals surface area contributed by atoms with Gasteiger partial charge in [0.1, 0.15) is 5.75 Å². The van der Waals surface area contributed by atoms with Gasteiger partial charge in [-0.05, 0) is 13.0 Å². The first-order valence-corrected chi connectivity index (χ1v) is 5.97. The third-order valence-electron chi connectivity index (χ3n) is 2.28. The van der Waals surface area contributed by atoms with Crippen molar-refractivity contribution in [1.82, 2.24) is 0 Å². The smallest absolute Gasteiger partial charge is 0.277 e. The van der Waals surface area contributed by atoms with Gasteiger partial charge in [-0.2, -0.15) is 0 Å². The van der Waals surface area contributed by atoms with Crippen molar-refractivity contribution in [3.8, 4) is 17.6 Å². The summed E-state index contributed by atoms with van der Waals surface area (Å²) in [6.45, 7) is 4.01. The van der Waals surface area contributed by atoms with Crippen LogP contribution in [0.1, 0.15) is 25.3 Å². The zero-order chi connectivity index (χ0) is 13.5. The molecule has 0 amide bonds. The Morgan fingerprint density at radius 1 is 1.44 bits per heavy atom. The number of benzene rings is 1. The summed E-state index contributed by atoms with van der Waals surface area (Å²) in [5.74, 6) is 6.30. The van der Waals surface area contributed by atoms with Crippen LogP contribution in [0.3, 0.4) is 0 Å². The molecule has 18 heavy (non-hydrogen) atoms. The quantitative estimate of drug-likeness (QED) is 0.361. The molecule has 1 aromatic carbocycles. The number of nitro benzene ring substituents is 1. The van der Waals surface area contributed by atoms with Crippen LogP contribution >= 0.6 is 11.6 Å². The van der Waals surface area contributed by atoms with Gasteiger partial charge in [-0.15, -0.1) is 5.92 Å². The topological polar surface area (TPSA) is 52.4 Å².